The summed E-state index contributed by atoms with van der Waals surface area (Å²) in [4.78, 5) is 23.1. The Morgan fingerprint density at radius 1 is 0.686 bits per heavy atom. The molecule has 9 N–H and O–H groups in total. The number of phosphoric acid groups is 1. The normalized spacial score (nSPS) is 25.8. The van der Waals surface area contributed by atoms with E-state index in [9.17, 15) is 50.0 Å². The van der Waals surface area contributed by atoms with Gasteiger partial charge in [0.15, 0.2) is 0 Å². The Balaban J connectivity index is 2.73. The summed E-state index contributed by atoms with van der Waals surface area (Å²) in [5, 5.41) is 73.7. The van der Waals surface area contributed by atoms with Crippen molar-refractivity contribution in [1.29, 1.82) is 0 Å². The zero-order chi connectivity index (χ0) is 38.1. The van der Waals surface area contributed by atoms with Gasteiger partial charge in [-0.1, -0.05) is 115 Å². The largest absolute Gasteiger partial charge is 0.472 e. The highest BCUT2D eigenvalue weighted by molar-refractivity contribution is 7.47. The minimum Gasteiger partial charge on any atom is -0.392 e. The molecule has 8 atom stereocenters. The third-order valence-corrected chi connectivity index (χ3v) is 9.93. The molecule has 51 heavy (non-hydrogen) atoms. The Morgan fingerprint density at radius 3 is 1.75 bits per heavy atom. The van der Waals surface area contributed by atoms with Crippen LogP contribution in [-0.2, 0) is 18.4 Å². The van der Waals surface area contributed by atoms with E-state index < -0.39 is 75.2 Å². The molecule has 14 heteroatoms. The number of carbonyl (C=O) groups is 1. The second-order valence-corrected chi connectivity index (χ2v) is 15.0. The number of allylic oxidation sites excluding steroid dienone is 4. The highest BCUT2D eigenvalue weighted by atomic mass is 31.2. The number of nitrogens with one attached hydrogen (secondary N) is 1. The fraction of sp³-hybridized carbons (Fsp3) is 0.811. The molecule has 1 amide bonds. The third kappa shape index (κ3) is 21.1. The summed E-state index contributed by atoms with van der Waals surface area (Å²) in [6.07, 6.45) is 14.4. The van der Waals surface area contributed by atoms with Gasteiger partial charge in [-0.15, -0.1) is 0 Å². The summed E-state index contributed by atoms with van der Waals surface area (Å²) in [6.45, 7) is 3.59. The minimum atomic E-state index is -5.14. The maximum absolute atomic E-state index is 12.8. The van der Waals surface area contributed by atoms with E-state index in [1.54, 1.807) is 6.08 Å². The molecular formula is C37H68NO12P. The molecule has 0 radical (unpaired) electrons. The predicted octanol–water partition coefficient (Wildman–Crippen LogP) is 4.24. The lowest BCUT2D eigenvalue weighted by molar-refractivity contribution is -0.220. The third-order valence-electron chi connectivity index (χ3n) is 8.95. The second kappa shape index (κ2) is 28.0. The van der Waals surface area contributed by atoms with E-state index in [4.69, 9.17) is 9.05 Å². The predicted molar refractivity (Wildman–Crippen MR) is 197 cm³/mol. The first-order chi connectivity index (χ1) is 24.3. The van der Waals surface area contributed by atoms with Crippen LogP contribution in [0.3, 0.4) is 0 Å². The number of aliphatic hydroxyl groups excluding tert-OH is 7. The summed E-state index contributed by atoms with van der Waals surface area (Å²) in [6, 6.07) is -1.27. The fourth-order valence-corrected chi connectivity index (χ4v) is 6.69. The van der Waals surface area contributed by atoms with Gasteiger partial charge in [0.1, 0.15) is 36.6 Å². The first kappa shape index (κ1) is 47.5. The molecule has 0 aliphatic heterocycles. The first-order valence-electron chi connectivity index (χ1n) is 19.0. The number of rotatable bonds is 29. The number of phosphoric ester groups is 1. The van der Waals surface area contributed by atoms with Crippen LogP contribution in [0.1, 0.15) is 129 Å². The Labute approximate surface area is 305 Å². The minimum absolute atomic E-state index is 0.246. The molecule has 0 heterocycles. The van der Waals surface area contributed by atoms with Crippen LogP contribution in [0.15, 0.2) is 36.5 Å². The van der Waals surface area contributed by atoms with Gasteiger partial charge in [0.05, 0.1) is 31.3 Å². The quantitative estimate of drug-likeness (QED) is 0.0297. The SMILES string of the molecule is CCCCCC/C=C\CC(O)CC(=O)NC(COP(=O)(O)OC1C(O)C(O)C(O)C(O)C1O)C(O)/C=C/CC/C=C/CCCCCCCCCC. The molecule has 0 bridgehead atoms. The maximum Gasteiger partial charge on any atom is 0.472 e. The molecule has 0 aromatic heterocycles. The Kier molecular flexibility index (Phi) is 26.1. The van der Waals surface area contributed by atoms with E-state index >= 15 is 0 Å². The van der Waals surface area contributed by atoms with E-state index in [1.165, 1.54) is 51.0 Å². The van der Waals surface area contributed by atoms with Crippen molar-refractivity contribution in [2.75, 3.05) is 6.61 Å². The van der Waals surface area contributed by atoms with Crippen LogP contribution in [0.4, 0.5) is 0 Å². The maximum atomic E-state index is 12.8. The van der Waals surface area contributed by atoms with Crippen LogP contribution in [0.5, 0.6) is 0 Å². The fourth-order valence-electron chi connectivity index (χ4n) is 5.72. The summed E-state index contributed by atoms with van der Waals surface area (Å²) in [7, 11) is -5.14. The topological polar surface area (TPSA) is 226 Å². The van der Waals surface area contributed by atoms with Gasteiger partial charge in [0, 0.05) is 0 Å². The Hall–Kier alpha value is -1.48. The van der Waals surface area contributed by atoms with Crippen LogP contribution in [0, 0.1) is 0 Å². The summed E-state index contributed by atoms with van der Waals surface area (Å²) in [5.41, 5.74) is 0. The van der Waals surface area contributed by atoms with Crippen molar-refractivity contribution in [2.24, 2.45) is 0 Å². The molecule has 298 valence electrons. The lowest BCUT2D eigenvalue weighted by atomic mass is 9.85. The molecule has 1 fully saturated rings. The monoisotopic (exact) mass is 749 g/mol. The van der Waals surface area contributed by atoms with E-state index in [2.05, 4.69) is 31.3 Å². The Bertz CT molecular complexity index is 1030. The van der Waals surface area contributed by atoms with Crippen LogP contribution in [0.25, 0.3) is 0 Å². The molecule has 1 aliphatic rings. The summed E-state index contributed by atoms with van der Waals surface area (Å²) < 4.78 is 22.6. The van der Waals surface area contributed by atoms with Gasteiger partial charge in [0.2, 0.25) is 5.91 Å². The van der Waals surface area contributed by atoms with Gasteiger partial charge in [-0.3, -0.25) is 13.8 Å². The average Bonchev–Trinajstić information content (AvgIpc) is 3.09. The van der Waals surface area contributed by atoms with Gasteiger partial charge in [-0.05, 0) is 44.9 Å². The van der Waals surface area contributed by atoms with Crippen LogP contribution in [-0.4, -0.2) is 108 Å². The summed E-state index contributed by atoms with van der Waals surface area (Å²) >= 11 is 0. The van der Waals surface area contributed by atoms with Crippen LogP contribution < -0.4 is 5.32 Å². The molecule has 8 unspecified atom stereocenters. The molecule has 1 aliphatic carbocycles. The molecule has 1 rings (SSSR count). The summed E-state index contributed by atoms with van der Waals surface area (Å²) in [5.74, 6) is -0.643. The van der Waals surface area contributed by atoms with Crippen molar-refractivity contribution in [3.05, 3.63) is 36.5 Å². The smallest absolute Gasteiger partial charge is 0.392 e. The standard InChI is InChI=1S/C37H68NO12P/c1-3-5-7-9-11-12-13-14-15-16-17-19-21-23-25-30(40)29(38-31(41)26-28(39)24-22-20-18-10-8-6-4-2)27-49-51(47,48)50-37-35(45)33(43)32(42)34(44)36(37)46/h16-17,20,22-23,25,28-30,32-37,39-40,42-46H,3-15,18-19,21,24,26-27H2,1-2H3,(H,38,41)(H,47,48)/b17-16+,22-20-,25-23+. The molecule has 0 saturated heterocycles. The zero-order valence-corrected chi connectivity index (χ0v) is 31.6. The van der Waals surface area contributed by atoms with Gasteiger partial charge in [0.25, 0.3) is 0 Å². The van der Waals surface area contributed by atoms with E-state index in [0.717, 1.165) is 51.4 Å². The van der Waals surface area contributed by atoms with Crippen molar-refractivity contribution in [2.45, 2.75) is 184 Å². The number of hydrogen-bond donors (Lipinski definition) is 9. The van der Waals surface area contributed by atoms with Crippen LogP contribution in [0.2, 0.25) is 0 Å². The Morgan fingerprint density at radius 2 is 1.16 bits per heavy atom. The molecule has 0 aromatic carbocycles. The molecule has 13 nitrogen and oxygen atoms in total. The van der Waals surface area contributed by atoms with E-state index in [0.29, 0.717) is 6.42 Å². The number of aliphatic hydroxyl groups is 7. The van der Waals surface area contributed by atoms with E-state index in [-0.39, 0.29) is 12.8 Å². The molecular weight excluding hydrogens is 681 g/mol. The van der Waals surface area contributed by atoms with Gasteiger partial charge in [-0.25, -0.2) is 4.57 Å². The lowest BCUT2D eigenvalue weighted by Crippen LogP contribution is -2.64. The van der Waals surface area contributed by atoms with E-state index in [1.807, 2.05) is 12.2 Å². The lowest BCUT2D eigenvalue weighted by Gasteiger charge is -2.41. The molecule has 0 spiro atoms. The first-order valence-corrected chi connectivity index (χ1v) is 20.5. The van der Waals surface area contributed by atoms with Crippen molar-refractivity contribution >= 4 is 13.7 Å². The molecule has 1 saturated carbocycles. The molecule has 0 aromatic rings. The number of unbranched alkanes of at least 4 members (excludes halogenated alkanes) is 13. The highest BCUT2D eigenvalue weighted by Gasteiger charge is 2.51. The van der Waals surface area contributed by atoms with Gasteiger partial charge >= 0.3 is 7.82 Å². The van der Waals surface area contributed by atoms with Crippen molar-refractivity contribution in [3.8, 4) is 0 Å². The van der Waals surface area contributed by atoms with Gasteiger partial charge in [-0.2, -0.15) is 0 Å². The zero-order valence-electron chi connectivity index (χ0n) is 30.8. The number of hydrogen-bond acceptors (Lipinski definition) is 11. The van der Waals surface area contributed by atoms with Crippen molar-refractivity contribution < 1.29 is 59.0 Å². The van der Waals surface area contributed by atoms with Crippen molar-refractivity contribution in [3.63, 3.8) is 0 Å². The van der Waals surface area contributed by atoms with Crippen LogP contribution >= 0.6 is 7.82 Å². The number of amides is 1. The number of carbonyl (C=O) groups excluding carboxylic acids is 1. The van der Waals surface area contributed by atoms with Gasteiger partial charge < -0.3 is 46.0 Å². The second-order valence-electron chi connectivity index (χ2n) is 13.6. The average molecular weight is 750 g/mol. The highest BCUT2D eigenvalue weighted by Crippen LogP contribution is 2.47. The van der Waals surface area contributed by atoms with Crippen molar-refractivity contribution in [1.82, 2.24) is 5.32 Å².